The van der Waals surface area contributed by atoms with Crippen LogP contribution in [0.5, 0.6) is 23.0 Å². The zero-order chi connectivity index (χ0) is 44.1. The van der Waals surface area contributed by atoms with Gasteiger partial charge in [-0.25, -0.2) is 0 Å². The predicted molar refractivity (Wildman–Crippen MR) is 286 cm³/mol. The summed E-state index contributed by atoms with van der Waals surface area (Å²) in [5, 5.41) is 7.65. The van der Waals surface area contributed by atoms with Gasteiger partial charge in [0.25, 0.3) is 13.4 Å². The van der Waals surface area contributed by atoms with Crippen molar-refractivity contribution < 1.29 is 9.47 Å². The maximum atomic E-state index is 6.97. The monoisotopic (exact) mass is 871 g/mol. The Hall–Kier alpha value is -8.61. The van der Waals surface area contributed by atoms with Crippen LogP contribution in [0.3, 0.4) is 0 Å². The molecule has 19 rings (SSSR count). The van der Waals surface area contributed by atoms with Gasteiger partial charge < -0.3 is 23.2 Å². The molecule has 0 amide bonds. The van der Waals surface area contributed by atoms with E-state index in [0.717, 1.165) is 29.4 Å². The first-order valence-corrected chi connectivity index (χ1v) is 24.3. The molecule has 0 saturated carbocycles. The van der Waals surface area contributed by atoms with Crippen LogP contribution < -0.4 is 58.6 Å². The van der Waals surface area contributed by atoms with Crippen molar-refractivity contribution in [2.75, 3.05) is 0 Å². The van der Waals surface area contributed by atoms with Crippen molar-refractivity contribution in [3.8, 4) is 40.1 Å². The topological polar surface area (TPSA) is 33.2 Å². The molecule has 6 aliphatic heterocycles. The maximum absolute atomic E-state index is 6.97. The van der Waals surface area contributed by atoms with Gasteiger partial charge in [0.1, 0.15) is 23.0 Å². The first kappa shape index (κ1) is 34.7. The minimum Gasteiger partial charge on any atom is -0.458 e. The van der Waals surface area contributed by atoms with E-state index in [4.69, 9.17) is 9.47 Å². The highest BCUT2D eigenvalue weighted by atomic mass is 16.5. The summed E-state index contributed by atoms with van der Waals surface area (Å²) in [5.41, 5.74) is 25.8. The highest BCUT2D eigenvalue weighted by Gasteiger charge is 2.46. The van der Waals surface area contributed by atoms with Crippen LogP contribution in [-0.2, 0) is 6.42 Å². The molecule has 0 bridgehead atoms. The van der Waals surface area contributed by atoms with Crippen LogP contribution in [0.2, 0.25) is 0 Å². The van der Waals surface area contributed by atoms with Crippen molar-refractivity contribution in [3.05, 3.63) is 193 Å². The van der Waals surface area contributed by atoms with E-state index in [2.05, 4.69) is 196 Å². The average Bonchev–Trinajstić information content (AvgIpc) is 4.06. The van der Waals surface area contributed by atoms with Crippen LogP contribution in [0.15, 0.2) is 182 Å². The second kappa shape index (κ2) is 11.6. The van der Waals surface area contributed by atoms with Crippen LogP contribution in [-0.4, -0.2) is 33.8 Å². The van der Waals surface area contributed by atoms with Crippen LogP contribution in [0.25, 0.3) is 82.5 Å². The van der Waals surface area contributed by atoms with Crippen molar-refractivity contribution >= 4 is 135 Å². The second-order valence-electron chi connectivity index (χ2n) is 20.1. The van der Waals surface area contributed by atoms with Crippen molar-refractivity contribution in [2.24, 2.45) is 0 Å². The number of hydrogen-bond acceptors (Lipinski definition) is 2. The summed E-state index contributed by atoms with van der Waals surface area (Å²) in [6.07, 6.45) is 0.926. The number of benzene rings is 10. The third-order valence-electron chi connectivity index (χ3n) is 17.2. The lowest BCUT2D eigenvalue weighted by Gasteiger charge is -2.33. The number of rotatable bonds is 0. The molecule has 0 fully saturated rings. The van der Waals surface area contributed by atoms with Crippen LogP contribution in [0.1, 0.15) is 11.1 Å². The highest BCUT2D eigenvalue weighted by molar-refractivity contribution is 7.01. The molecule has 13 aromatic rings. The molecule has 0 atom stereocenters. The van der Waals surface area contributed by atoms with E-state index >= 15 is 0 Å². The molecule has 0 spiro atoms. The SMILES string of the molecule is c1ccc2c(c1)Cc1cccc3c1B2c1cccc2c4c5c6ccc7c8c6n(c5c5c(c6ccc9c%10c6n5-c5ccccc5B%10c5ccccc5O9)c4n-3c12)-c1ccccc1B8c1ccccc1O7. The number of para-hydroxylation sites is 5. The quantitative estimate of drug-likeness (QED) is 0.148. The molecule has 0 saturated heterocycles. The summed E-state index contributed by atoms with van der Waals surface area (Å²) in [6.45, 7) is 0.167. The number of nitrogens with zero attached hydrogens (tertiary/aromatic N) is 3. The molecular weight excluding hydrogens is 839 g/mol. The molecule has 8 heteroatoms. The van der Waals surface area contributed by atoms with Gasteiger partial charge >= 0.3 is 0 Å². The van der Waals surface area contributed by atoms with Crippen molar-refractivity contribution in [2.45, 2.75) is 6.42 Å². The van der Waals surface area contributed by atoms with E-state index in [1.807, 2.05) is 0 Å². The zero-order valence-electron chi connectivity index (χ0n) is 36.9. The van der Waals surface area contributed by atoms with Gasteiger partial charge in [-0.2, -0.15) is 0 Å². The fourth-order valence-electron chi connectivity index (χ4n) is 14.9. The lowest BCUT2D eigenvalue weighted by molar-refractivity contribution is 0.487. The van der Waals surface area contributed by atoms with E-state index in [-0.39, 0.29) is 20.1 Å². The van der Waals surface area contributed by atoms with E-state index in [0.29, 0.717) is 0 Å². The molecular formula is C61H32B3N3O2. The van der Waals surface area contributed by atoms with E-state index in [9.17, 15) is 0 Å². The summed E-state index contributed by atoms with van der Waals surface area (Å²) in [6, 6.07) is 68.3. The Labute approximate surface area is 395 Å². The Balaban J connectivity index is 1.11. The normalized spacial score (nSPS) is 14.5. The standard InChI is InChI=1S/C61H32B3N3O2/c1-2-16-37-32(13-1)31-33-14-11-24-45-53(33)62(37)42-21-12-15-34-50-51-35-27-29-48-54-57(35)65(43-22-7-3-17-38(43)63(54)40-19-5-9-25-46(40)68-48)60(51)61-52(59(50)67(45)56(34)42)36-28-30-49-55-58(36)66(61)44-23-8-4-18-39(44)64(55)41-20-6-10-26-47(41)69-49/h1-30H,31H2. The fraction of sp³-hybridized carbons (Fsp3) is 0.0164. The Bertz CT molecular complexity index is 4690. The molecule has 6 aliphatic rings. The Kier molecular flexibility index (Phi) is 5.81. The van der Waals surface area contributed by atoms with Crippen molar-refractivity contribution in [1.29, 1.82) is 0 Å². The van der Waals surface area contributed by atoms with Gasteiger partial charge in [0, 0.05) is 54.9 Å². The van der Waals surface area contributed by atoms with Gasteiger partial charge in [-0.15, -0.1) is 0 Å². The fourth-order valence-corrected chi connectivity index (χ4v) is 14.9. The summed E-state index contributed by atoms with van der Waals surface area (Å²) in [4.78, 5) is 0. The van der Waals surface area contributed by atoms with Gasteiger partial charge in [-0.05, 0) is 116 Å². The average molecular weight is 871 g/mol. The summed E-state index contributed by atoms with van der Waals surface area (Å²) >= 11 is 0. The van der Waals surface area contributed by atoms with Gasteiger partial charge in [0.15, 0.2) is 0 Å². The molecule has 10 aromatic carbocycles. The Morgan fingerprint density at radius 2 is 0.754 bits per heavy atom. The van der Waals surface area contributed by atoms with Crippen molar-refractivity contribution in [3.63, 3.8) is 0 Å². The number of aromatic nitrogens is 3. The van der Waals surface area contributed by atoms with E-state index < -0.39 is 0 Å². The van der Waals surface area contributed by atoms with Crippen LogP contribution in [0.4, 0.5) is 0 Å². The Morgan fingerprint density at radius 1 is 0.290 bits per heavy atom. The summed E-state index contributed by atoms with van der Waals surface area (Å²) in [5.74, 6) is 3.72. The molecule has 69 heavy (non-hydrogen) atoms. The van der Waals surface area contributed by atoms with Crippen LogP contribution >= 0.6 is 0 Å². The highest BCUT2D eigenvalue weighted by Crippen LogP contribution is 2.52. The second-order valence-corrected chi connectivity index (χ2v) is 20.1. The number of hydrogen-bond donors (Lipinski definition) is 0. The van der Waals surface area contributed by atoms with E-state index in [1.165, 1.54) is 143 Å². The first-order chi connectivity index (χ1) is 34.3. The summed E-state index contributed by atoms with van der Waals surface area (Å²) < 4.78 is 21.9. The lowest BCUT2D eigenvalue weighted by atomic mass is 9.32. The minimum absolute atomic E-state index is 0.0152. The maximum Gasteiger partial charge on any atom is 0.256 e. The smallest absolute Gasteiger partial charge is 0.256 e. The van der Waals surface area contributed by atoms with Gasteiger partial charge in [-0.3, -0.25) is 0 Å². The zero-order valence-corrected chi connectivity index (χ0v) is 36.9. The molecule has 0 N–H and O–H groups in total. The first-order valence-electron chi connectivity index (χ1n) is 24.3. The van der Waals surface area contributed by atoms with E-state index in [1.54, 1.807) is 0 Å². The molecule has 9 heterocycles. The molecule has 5 nitrogen and oxygen atoms in total. The molecule has 3 aromatic heterocycles. The largest absolute Gasteiger partial charge is 0.458 e. The number of ether oxygens (including phenoxy) is 2. The lowest BCUT2D eigenvalue weighted by Crippen LogP contribution is -2.60. The molecule has 0 radical (unpaired) electrons. The minimum atomic E-state index is 0.0152. The number of fused-ring (bicyclic) bond motifs is 26. The Morgan fingerprint density at radius 3 is 1.43 bits per heavy atom. The third kappa shape index (κ3) is 3.75. The van der Waals surface area contributed by atoms with Crippen LogP contribution in [0, 0.1) is 0 Å². The van der Waals surface area contributed by atoms with Gasteiger partial charge in [0.05, 0.1) is 27.6 Å². The van der Waals surface area contributed by atoms with Crippen molar-refractivity contribution in [1.82, 2.24) is 13.7 Å². The third-order valence-corrected chi connectivity index (χ3v) is 17.2. The molecule has 0 unspecified atom stereocenters. The van der Waals surface area contributed by atoms with Gasteiger partial charge in [0.2, 0.25) is 6.71 Å². The summed E-state index contributed by atoms with van der Waals surface area (Å²) in [7, 11) is 0. The predicted octanol–water partition coefficient (Wildman–Crippen LogP) is 7.58. The van der Waals surface area contributed by atoms with Gasteiger partial charge in [-0.1, -0.05) is 133 Å². The molecule has 0 aliphatic carbocycles. The molecule has 312 valence electrons.